The lowest BCUT2D eigenvalue weighted by molar-refractivity contribution is 0.357. The molecular weight excluding hydrogens is 224 g/mol. The van der Waals surface area contributed by atoms with Crippen LogP contribution in [0.1, 0.15) is 77.0 Å². The number of hydrogen-bond donors (Lipinski definition) is 0. The molecule has 4 fully saturated rings. The third-order valence-electron chi connectivity index (χ3n) is 4.83. The topological polar surface area (TPSA) is 25.1 Å². The van der Waals surface area contributed by atoms with Crippen LogP contribution in [0.2, 0.25) is 0 Å². The maximum Gasteiger partial charge on any atom is 0.0841 e. The van der Waals surface area contributed by atoms with Gasteiger partial charge in [0.15, 0.2) is 0 Å². The fourth-order valence-corrected chi connectivity index (χ4v) is 3.46. The third kappa shape index (κ3) is 3.96. The fraction of sp³-hybridized carbons (Fsp3) is 1.00. The summed E-state index contributed by atoms with van der Waals surface area (Å²) in [6, 6.07) is 0. The first-order valence-corrected chi connectivity index (χ1v) is 8.24. The summed E-state index contributed by atoms with van der Waals surface area (Å²) in [5.74, 6) is 0. The lowest BCUT2D eigenvalue weighted by atomic mass is 10.0. The molecule has 0 N–H and O–H groups in total. The Hall–Kier alpha value is -0.0800. The summed E-state index contributed by atoms with van der Waals surface area (Å²) in [4.78, 5) is 0. The van der Waals surface area contributed by atoms with Crippen molar-refractivity contribution in [3.05, 3.63) is 0 Å². The van der Waals surface area contributed by atoms with Gasteiger partial charge in [-0.25, -0.2) is 0 Å². The summed E-state index contributed by atoms with van der Waals surface area (Å²) in [5.41, 5.74) is 0. The Balaban J connectivity index is 0.000000111. The van der Waals surface area contributed by atoms with E-state index >= 15 is 0 Å². The monoisotopic (exact) mass is 252 g/mol. The van der Waals surface area contributed by atoms with Gasteiger partial charge in [0.05, 0.1) is 24.4 Å². The summed E-state index contributed by atoms with van der Waals surface area (Å²) in [5, 5.41) is 0. The Bertz CT molecular complexity index is 203. The summed E-state index contributed by atoms with van der Waals surface area (Å²) < 4.78 is 10.9. The first-order chi connectivity index (χ1) is 8.93. The van der Waals surface area contributed by atoms with Gasteiger partial charge >= 0.3 is 0 Å². The van der Waals surface area contributed by atoms with E-state index in [1.54, 1.807) is 0 Å². The van der Waals surface area contributed by atoms with Crippen molar-refractivity contribution in [3.63, 3.8) is 0 Å². The highest BCUT2D eigenvalue weighted by Crippen LogP contribution is 2.34. The molecule has 0 spiro atoms. The van der Waals surface area contributed by atoms with Gasteiger partial charge in [-0.2, -0.15) is 0 Å². The second kappa shape index (κ2) is 6.38. The molecule has 2 nitrogen and oxygen atoms in total. The Morgan fingerprint density at radius 3 is 0.944 bits per heavy atom. The van der Waals surface area contributed by atoms with E-state index in [2.05, 4.69) is 0 Å². The van der Waals surface area contributed by atoms with Gasteiger partial charge in [0, 0.05) is 0 Å². The number of rotatable bonds is 0. The normalized spacial score (nSPS) is 42.7. The van der Waals surface area contributed by atoms with E-state index in [-0.39, 0.29) is 0 Å². The maximum absolute atomic E-state index is 5.44. The third-order valence-corrected chi connectivity index (χ3v) is 4.83. The predicted molar refractivity (Wildman–Crippen MR) is 72.7 cm³/mol. The Labute approximate surface area is 111 Å². The van der Waals surface area contributed by atoms with E-state index in [9.17, 15) is 0 Å². The van der Waals surface area contributed by atoms with Crippen molar-refractivity contribution in [1.29, 1.82) is 0 Å². The second-order valence-corrected chi connectivity index (χ2v) is 6.41. The van der Waals surface area contributed by atoms with Crippen molar-refractivity contribution in [2.75, 3.05) is 0 Å². The first-order valence-electron chi connectivity index (χ1n) is 8.24. The van der Waals surface area contributed by atoms with E-state index in [4.69, 9.17) is 9.47 Å². The van der Waals surface area contributed by atoms with Crippen LogP contribution in [-0.4, -0.2) is 24.4 Å². The smallest absolute Gasteiger partial charge is 0.0841 e. The summed E-state index contributed by atoms with van der Waals surface area (Å²) in [6.45, 7) is 0. The van der Waals surface area contributed by atoms with E-state index < -0.39 is 0 Å². The Morgan fingerprint density at radius 1 is 0.389 bits per heavy atom. The van der Waals surface area contributed by atoms with Gasteiger partial charge in [-0.05, 0) is 25.7 Å². The molecule has 2 saturated heterocycles. The minimum Gasteiger partial charge on any atom is -0.370 e. The molecule has 0 aromatic heterocycles. The molecule has 4 aliphatic rings. The highest BCUT2D eigenvalue weighted by atomic mass is 16.6. The van der Waals surface area contributed by atoms with Crippen molar-refractivity contribution in [2.45, 2.75) is 101 Å². The summed E-state index contributed by atoms with van der Waals surface area (Å²) in [7, 11) is 0. The minimum absolute atomic E-state index is 0.685. The Morgan fingerprint density at radius 2 is 0.667 bits per heavy atom. The van der Waals surface area contributed by atoms with Crippen LogP contribution in [0.5, 0.6) is 0 Å². The molecule has 2 heteroatoms. The molecular formula is C16H28O2. The van der Waals surface area contributed by atoms with Gasteiger partial charge < -0.3 is 9.47 Å². The average molecular weight is 252 g/mol. The van der Waals surface area contributed by atoms with Crippen LogP contribution in [0.4, 0.5) is 0 Å². The van der Waals surface area contributed by atoms with Gasteiger partial charge in [-0.15, -0.1) is 0 Å². The highest BCUT2D eigenvalue weighted by molar-refractivity contribution is 4.86. The standard InChI is InChI=1S/2C8H14O/c2*1-2-4-6-8-7(9-8)5-3-1/h2*7-8H,1-6H2. The van der Waals surface area contributed by atoms with Crippen LogP contribution in [0.3, 0.4) is 0 Å². The molecule has 0 bridgehead atoms. The number of hydrogen-bond acceptors (Lipinski definition) is 2. The van der Waals surface area contributed by atoms with Crippen LogP contribution in [0.15, 0.2) is 0 Å². The molecule has 0 radical (unpaired) electrons. The molecule has 4 atom stereocenters. The molecule has 4 rings (SSSR count). The maximum atomic E-state index is 5.44. The zero-order chi connectivity index (χ0) is 12.2. The van der Waals surface area contributed by atoms with Crippen LogP contribution < -0.4 is 0 Å². The van der Waals surface area contributed by atoms with Crippen LogP contribution in [-0.2, 0) is 9.47 Å². The van der Waals surface area contributed by atoms with Crippen molar-refractivity contribution < 1.29 is 9.47 Å². The average Bonchev–Trinajstić information content (AvgIpc) is 3.19. The zero-order valence-corrected chi connectivity index (χ0v) is 11.6. The van der Waals surface area contributed by atoms with E-state index in [1.807, 2.05) is 0 Å². The van der Waals surface area contributed by atoms with Crippen molar-refractivity contribution in [3.8, 4) is 0 Å². The highest BCUT2D eigenvalue weighted by Gasteiger charge is 2.38. The number of epoxide rings is 2. The molecule has 2 saturated carbocycles. The summed E-state index contributed by atoms with van der Waals surface area (Å²) in [6.07, 6.45) is 19.5. The predicted octanol–water partition coefficient (Wildman–Crippen LogP) is 4.22. The van der Waals surface area contributed by atoms with Crippen molar-refractivity contribution >= 4 is 0 Å². The van der Waals surface area contributed by atoms with Gasteiger partial charge in [0.2, 0.25) is 0 Å². The van der Waals surface area contributed by atoms with Crippen molar-refractivity contribution in [2.24, 2.45) is 0 Å². The lowest BCUT2D eigenvalue weighted by Crippen LogP contribution is -1.97. The van der Waals surface area contributed by atoms with Crippen LogP contribution >= 0.6 is 0 Å². The SMILES string of the molecule is C1CCCC2OC2CC1.C1CCCC2OC2CC1. The summed E-state index contributed by atoms with van der Waals surface area (Å²) >= 11 is 0. The largest absolute Gasteiger partial charge is 0.370 e. The lowest BCUT2D eigenvalue weighted by Gasteiger charge is -2.01. The van der Waals surface area contributed by atoms with Gasteiger partial charge in [0.1, 0.15) is 0 Å². The Kier molecular flexibility index (Phi) is 4.58. The molecule has 0 amide bonds. The van der Waals surface area contributed by atoms with Gasteiger partial charge in [-0.1, -0.05) is 51.4 Å². The van der Waals surface area contributed by atoms with Gasteiger partial charge in [-0.3, -0.25) is 0 Å². The van der Waals surface area contributed by atoms with E-state index in [0.717, 1.165) is 0 Å². The van der Waals surface area contributed by atoms with E-state index in [0.29, 0.717) is 24.4 Å². The zero-order valence-electron chi connectivity index (χ0n) is 11.6. The quantitative estimate of drug-likeness (QED) is 0.603. The van der Waals surface area contributed by atoms with Gasteiger partial charge in [0.25, 0.3) is 0 Å². The van der Waals surface area contributed by atoms with Crippen LogP contribution in [0.25, 0.3) is 0 Å². The van der Waals surface area contributed by atoms with Crippen LogP contribution in [0, 0.1) is 0 Å². The molecule has 0 aromatic carbocycles. The number of fused-ring (bicyclic) bond motifs is 2. The first kappa shape index (κ1) is 12.9. The number of ether oxygens (including phenoxy) is 2. The van der Waals surface area contributed by atoms with Crippen molar-refractivity contribution in [1.82, 2.24) is 0 Å². The molecule has 104 valence electrons. The molecule has 0 aromatic rings. The van der Waals surface area contributed by atoms with E-state index in [1.165, 1.54) is 77.0 Å². The molecule has 2 aliphatic carbocycles. The molecule has 4 unspecified atom stereocenters. The molecule has 18 heavy (non-hydrogen) atoms. The minimum atomic E-state index is 0.685. The second-order valence-electron chi connectivity index (χ2n) is 6.41. The molecule has 2 heterocycles. The fourth-order valence-electron chi connectivity index (χ4n) is 3.46. The molecule has 2 aliphatic heterocycles.